The first kappa shape index (κ1) is 24.3. The summed E-state index contributed by atoms with van der Waals surface area (Å²) in [5.74, 6) is -0.0581. The first-order valence-electron chi connectivity index (χ1n) is 9.00. The maximum Gasteiger partial charge on any atom is 0.332 e. The van der Waals surface area contributed by atoms with Crippen molar-refractivity contribution in [2.24, 2.45) is 10.8 Å². The van der Waals surface area contributed by atoms with Gasteiger partial charge >= 0.3 is 6.03 Å². The van der Waals surface area contributed by atoms with Gasteiger partial charge in [0.15, 0.2) is 5.78 Å². The van der Waals surface area contributed by atoms with Crippen molar-refractivity contribution in [3.63, 3.8) is 0 Å². The Morgan fingerprint density at radius 2 is 1.79 bits per heavy atom. The van der Waals surface area contributed by atoms with Gasteiger partial charge in [0.25, 0.3) is 5.91 Å². The number of nitrogens with two attached hydrogens (primary N) is 1. The molecule has 2 rings (SSSR count). The topological polar surface area (TPSA) is 114 Å². The van der Waals surface area contributed by atoms with Crippen molar-refractivity contribution in [2.75, 3.05) is 6.54 Å². The molecule has 0 spiro atoms. The van der Waals surface area contributed by atoms with E-state index in [0.29, 0.717) is 12.3 Å². The molecule has 1 aromatic heterocycles. The lowest BCUT2D eigenvalue weighted by atomic mass is 10.1. The minimum absolute atomic E-state index is 0.0455. The summed E-state index contributed by atoms with van der Waals surface area (Å²) in [6.07, 6.45) is 7.38. The first-order chi connectivity index (χ1) is 13.5. The van der Waals surface area contributed by atoms with Crippen molar-refractivity contribution in [1.29, 1.82) is 0 Å². The van der Waals surface area contributed by atoms with Crippen LogP contribution in [0.1, 0.15) is 20.8 Å². The van der Waals surface area contributed by atoms with Crippen LogP contribution in [0.15, 0.2) is 42.1 Å². The molecule has 0 aromatic carbocycles. The number of nitrogens with one attached hydrogen (secondary N) is 2. The highest BCUT2D eigenvalue weighted by Crippen LogP contribution is 2.22. The fraction of sp³-hybridized carbons (Fsp3) is 0.300. The van der Waals surface area contributed by atoms with Crippen LogP contribution < -0.4 is 21.0 Å². The Balaban J connectivity index is 0.000000308. The third kappa shape index (κ3) is 7.63. The number of urea groups is 1. The second-order valence-corrected chi connectivity index (χ2v) is 13.9. The van der Waals surface area contributed by atoms with Crippen LogP contribution in [0.5, 0.6) is 0 Å². The predicted molar refractivity (Wildman–Crippen MR) is 123 cm³/mol. The molecule has 1 aliphatic carbocycles. The Bertz CT molecular complexity index is 874. The summed E-state index contributed by atoms with van der Waals surface area (Å²) < 4.78 is 1.30. The minimum atomic E-state index is -1.46. The number of primary amides is 1. The van der Waals surface area contributed by atoms with E-state index in [9.17, 15) is 14.4 Å². The average Bonchev–Trinajstić information content (AvgIpc) is 2.95. The molecule has 0 aliphatic heterocycles. The number of allylic oxidation sites excluding steroid dienone is 4. The summed E-state index contributed by atoms with van der Waals surface area (Å²) in [4.78, 5) is 34.2. The molecular formula is C20H28N4O3SSi. The quantitative estimate of drug-likeness (QED) is 0.287. The monoisotopic (exact) mass is 432 g/mol. The molecule has 29 heavy (non-hydrogen) atoms. The maximum absolute atomic E-state index is 12.2. The van der Waals surface area contributed by atoms with Crippen LogP contribution in [0, 0.1) is 13.8 Å². The Morgan fingerprint density at radius 1 is 1.21 bits per heavy atom. The smallest absolute Gasteiger partial charge is 0.332 e. The number of rotatable bonds is 5. The van der Waals surface area contributed by atoms with Gasteiger partial charge in [0, 0.05) is 15.9 Å². The number of amides is 3. The van der Waals surface area contributed by atoms with E-state index in [-0.39, 0.29) is 11.7 Å². The summed E-state index contributed by atoms with van der Waals surface area (Å²) in [5, 5.41) is 6.47. The molecule has 156 valence electrons. The molecule has 3 amide bonds. The predicted octanol–water partition coefficient (Wildman–Crippen LogP) is 2.53. The molecular weight excluding hydrogens is 404 g/mol. The standard InChI is InChI=1S/C13H21NOSSi.C7H7N3O2/c1-7-8-14-12(15)11-9(2)10(3)16-13(11)17(4,5)6;8-7(12)10-9-5-1-3-6(11)4-2-5/h7H,1,8H2,2-6H3,(H,14,15);1-4H,(H3,8,10,12). The second-order valence-electron chi connectivity index (χ2n) is 7.32. The fourth-order valence-corrected chi connectivity index (χ4v) is 5.97. The number of carbonyl (C=O) groups excluding carboxylic acids is 3. The van der Waals surface area contributed by atoms with Crippen LogP contribution in [0.3, 0.4) is 0 Å². The Labute approximate surface area is 176 Å². The van der Waals surface area contributed by atoms with E-state index in [1.54, 1.807) is 17.4 Å². The van der Waals surface area contributed by atoms with Gasteiger partial charge in [-0.2, -0.15) is 5.10 Å². The van der Waals surface area contributed by atoms with Crippen molar-refractivity contribution in [1.82, 2.24) is 10.7 Å². The summed E-state index contributed by atoms with van der Waals surface area (Å²) in [6.45, 7) is 15.1. The number of hydrogen-bond acceptors (Lipinski definition) is 5. The van der Waals surface area contributed by atoms with Crippen molar-refractivity contribution < 1.29 is 14.4 Å². The lowest BCUT2D eigenvalue weighted by Crippen LogP contribution is -2.41. The lowest BCUT2D eigenvalue weighted by Gasteiger charge is -2.16. The highest BCUT2D eigenvalue weighted by molar-refractivity contribution is 7.27. The molecule has 0 saturated heterocycles. The third-order valence-electron chi connectivity index (χ3n) is 3.83. The molecule has 0 bridgehead atoms. The van der Waals surface area contributed by atoms with Gasteiger partial charge in [-0.25, -0.2) is 10.2 Å². The van der Waals surface area contributed by atoms with E-state index in [1.807, 2.05) is 12.3 Å². The molecule has 0 atom stereocenters. The zero-order chi connectivity index (χ0) is 22.2. The number of hydrazone groups is 1. The number of carbonyl (C=O) groups is 3. The van der Waals surface area contributed by atoms with Crippen LogP contribution in [-0.4, -0.2) is 38.1 Å². The van der Waals surface area contributed by atoms with Gasteiger partial charge in [-0.05, 0) is 43.7 Å². The normalized spacial score (nSPS) is 12.7. The van der Waals surface area contributed by atoms with Gasteiger partial charge in [0.05, 0.1) is 19.3 Å². The molecule has 7 nitrogen and oxygen atoms in total. The summed E-state index contributed by atoms with van der Waals surface area (Å²) in [7, 11) is -1.46. The Kier molecular flexibility index (Phi) is 8.93. The van der Waals surface area contributed by atoms with E-state index in [2.05, 4.69) is 43.6 Å². The van der Waals surface area contributed by atoms with Gasteiger partial charge in [0.2, 0.25) is 0 Å². The molecule has 0 saturated carbocycles. The molecule has 0 unspecified atom stereocenters. The van der Waals surface area contributed by atoms with Gasteiger partial charge in [-0.15, -0.1) is 17.9 Å². The van der Waals surface area contributed by atoms with Crippen LogP contribution >= 0.6 is 11.3 Å². The van der Waals surface area contributed by atoms with E-state index in [1.165, 1.54) is 33.7 Å². The maximum atomic E-state index is 12.2. The number of hydrogen-bond donors (Lipinski definition) is 3. The number of thiophene rings is 1. The van der Waals surface area contributed by atoms with Crippen molar-refractivity contribution >= 4 is 47.3 Å². The largest absolute Gasteiger partial charge is 0.350 e. The number of nitrogens with zero attached hydrogens (tertiary/aromatic N) is 1. The van der Waals surface area contributed by atoms with Crippen LogP contribution in [0.4, 0.5) is 4.79 Å². The molecule has 9 heteroatoms. The van der Waals surface area contributed by atoms with Crippen molar-refractivity contribution in [3.05, 3.63) is 53.0 Å². The van der Waals surface area contributed by atoms with Crippen LogP contribution in [0.25, 0.3) is 0 Å². The lowest BCUT2D eigenvalue weighted by molar-refractivity contribution is -0.110. The van der Waals surface area contributed by atoms with Gasteiger partial charge in [-0.3, -0.25) is 9.59 Å². The SMILES string of the molecule is C=CCNC(=O)c1c([Si](C)(C)C)sc(C)c1C.NC(=O)NN=C1C=CC(=O)C=C1. The highest BCUT2D eigenvalue weighted by atomic mass is 32.1. The molecule has 0 radical (unpaired) electrons. The zero-order valence-corrected chi connectivity index (χ0v) is 19.3. The van der Waals surface area contributed by atoms with Crippen LogP contribution in [-0.2, 0) is 4.79 Å². The Hall–Kier alpha value is -2.78. The second kappa shape index (κ2) is 10.7. The summed E-state index contributed by atoms with van der Waals surface area (Å²) in [5.41, 5.74) is 9.33. The molecule has 4 N–H and O–H groups in total. The zero-order valence-electron chi connectivity index (χ0n) is 17.5. The van der Waals surface area contributed by atoms with Crippen molar-refractivity contribution in [2.45, 2.75) is 33.5 Å². The van der Waals surface area contributed by atoms with E-state index >= 15 is 0 Å². The van der Waals surface area contributed by atoms with Gasteiger partial charge < -0.3 is 11.1 Å². The van der Waals surface area contributed by atoms with Gasteiger partial charge in [0.1, 0.15) is 0 Å². The number of ketones is 1. The number of aryl methyl sites for hydroxylation is 1. The average molecular weight is 433 g/mol. The third-order valence-corrected chi connectivity index (χ3v) is 8.61. The van der Waals surface area contributed by atoms with E-state index in [4.69, 9.17) is 5.73 Å². The van der Waals surface area contributed by atoms with Gasteiger partial charge in [-0.1, -0.05) is 25.7 Å². The highest BCUT2D eigenvalue weighted by Gasteiger charge is 2.28. The summed E-state index contributed by atoms with van der Waals surface area (Å²) >= 11 is 1.78. The Morgan fingerprint density at radius 3 is 2.28 bits per heavy atom. The molecule has 1 aromatic rings. The fourth-order valence-electron chi connectivity index (χ4n) is 2.32. The van der Waals surface area contributed by atoms with E-state index < -0.39 is 14.1 Å². The molecule has 0 fully saturated rings. The van der Waals surface area contributed by atoms with Crippen LogP contribution in [0.2, 0.25) is 19.6 Å². The van der Waals surface area contributed by atoms with Crippen molar-refractivity contribution in [3.8, 4) is 0 Å². The summed E-state index contributed by atoms with van der Waals surface area (Å²) in [6, 6.07) is -0.735. The molecule has 1 heterocycles. The minimum Gasteiger partial charge on any atom is -0.350 e. The first-order valence-corrected chi connectivity index (χ1v) is 13.3. The molecule has 1 aliphatic rings. The van der Waals surface area contributed by atoms with E-state index in [0.717, 1.165) is 11.1 Å².